The second-order valence-corrected chi connectivity index (χ2v) is 7.43. The minimum absolute atomic E-state index is 0.0214. The van der Waals surface area contributed by atoms with Gasteiger partial charge in [0.05, 0.1) is 15.7 Å². The lowest BCUT2D eigenvalue weighted by Crippen LogP contribution is -2.39. The predicted molar refractivity (Wildman–Crippen MR) is 74.9 cm³/mol. The van der Waals surface area contributed by atoms with Crippen molar-refractivity contribution in [3.05, 3.63) is 6.20 Å². The van der Waals surface area contributed by atoms with E-state index in [0.29, 0.717) is 11.6 Å². The molecule has 5 nitrogen and oxygen atoms in total. The largest absolute Gasteiger partial charge is 0.375 e. The summed E-state index contributed by atoms with van der Waals surface area (Å²) in [5.41, 5.74) is 5.57. The fraction of sp³-hybridized carbons (Fsp3) is 0.583. The molecular formula is C12H15N3O2S2. The number of nitrogens with zero attached hydrogens (tertiary/aromatic N) is 2. The van der Waals surface area contributed by atoms with Crippen molar-refractivity contribution >= 4 is 40.0 Å². The van der Waals surface area contributed by atoms with Crippen LogP contribution in [0.25, 0.3) is 0 Å². The molecule has 2 fully saturated rings. The number of aromatic nitrogens is 1. The van der Waals surface area contributed by atoms with Crippen molar-refractivity contribution in [2.45, 2.75) is 47.6 Å². The van der Waals surface area contributed by atoms with Gasteiger partial charge >= 0.3 is 0 Å². The highest BCUT2D eigenvalue weighted by molar-refractivity contribution is 8.02. The highest BCUT2D eigenvalue weighted by Crippen LogP contribution is 2.37. The summed E-state index contributed by atoms with van der Waals surface area (Å²) in [6, 6.07) is 0.136. The quantitative estimate of drug-likeness (QED) is 0.862. The number of amides is 2. The van der Waals surface area contributed by atoms with Crippen LogP contribution in [0.15, 0.2) is 10.4 Å². The minimum atomic E-state index is -0.298. The fourth-order valence-electron chi connectivity index (χ4n) is 2.73. The van der Waals surface area contributed by atoms with Crippen LogP contribution in [0, 0.1) is 0 Å². The van der Waals surface area contributed by atoms with Gasteiger partial charge in [-0.2, -0.15) is 0 Å². The van der Waals surface area contributed by atoms with Crippen LogP contribution in [-0.4, -0.2) is 33.0 Å². The number of hydrogen-bond donors (Lipinski definition) is 1. The second kappa shape index (κ2) is 5.13. The summed E-state index contributed by atoms with van der Waals surface area (Å²) in [6.07, 6.45) is 6.12. The van der Waals surface area contributed by atoms with Crippen LogP contribution in [0.3, 0.4) is 0 Å². The van der Waals surface area contributed by atoms with Gasteiger partial charge in [0.25, 0.3) is 0 Å². The van der Waals surface area contributed by atoms with Crippen molar-refractivity contribution in [1.29, 1.82) is 0 Å². The van der Waals surface area contributed by atoms with E-state index in [-0.39, 0.29) is 23.1 Å². The summed E-state index contributed by atoms with van der Waals surface area (Å²) < 4.78 is 0.900. The average molecular weight is 297 g/mol. The van der Waals surface area contributed by atoms with E-state index in [4.69, 9.17) is 5.73 Å². The number of thioether (sulfide) groups is 1. The molecule has 1 aromatic rings. The Kier molecular flexibility index (Phi) is 3.49. The van der Waals surface area contributed by atoms with Gasteiger partial charge in [-0.3, -0.25) is 14.5 Å². The van der Waals surface area contributed by atoms with E-state index in [1.165, 1.54) is 28.0 Å². The first-order valence-electron chi connectivity index (χ1n) is 6.39. The molecule has 2 N–H and O–H groups in total. The number of rotatable bonds is 3. The Hall–Kier alpha value is -1.08. The average Bonchev–Trinajstić information content (AvgIpc) is 3.04. The first kappa shape index (κ1) is 12.9. The third-order valence-corrected chi connectivity index (χ3v) is 5.74. The number of carbonyl (C=O) groups is 2. The van der Waals surface area contributed by atoms with Gasteiger partial charge in [0.15, 0.2) is 5.13 Å². The number of hydrogen-bond acceptors (Lipinski definition) is 6. The molecule has 3 rings (SSSR count). The predicted octanol–water partition coefficient (Wildman–Crippen LogP) is 1.89. The molecular weight excluding hydrogens is 282 g/mol. The van der Waals surface area contributed by atoms with Crippen LogP contribution in [0.1, 0.15) is 32.1 Å². The lowest BCUT2D eigenvalue weighted by molar-refractivity contribution is -0.140. The molecule has 2 aliphatic rings. The number of thiazole rings is 1. The monoisotopic (exact) mass is 297 g/mol. The van der Waals surface area contributed by atoms with Gasteiger partial charge in [-0.05, 0) is 12.8 Å². The molecule has 0 spiro atoms. The lowest BCUT2D eigenvalue weighted by atomic mass is 10.2. The molecule has 1 aromatic heterocycles. The zero-order valence-corrected chi connectivity index (χ0v) is 12.0. The van der Waals surface area contributed by atoms with Crippen LogP contribution in [-0.2, 0) is 9.59 Å². The molecule has 1 saturated heterocycles. The summed E-state index contributed by atoms with van der Waals surface area (Å²) in [6.45, 7) is 0. The fourth-order valence-corrected chi connectivity index (χ4v) is 4.78. The van der Waals surface area contributed by atoms with Gasteiger partial charge in [-0.15, -0.1) is 0 Å². The van der Waals surface area contributed by atoms with Crippen LogP contribution in [0.5, 0.6) is 0 Å². The number of likely N-dealkylation sites (tertiary alicyclic amines) is 1. The van der Waals surface area contributed by atoms with Gasteiger partial charge < -0.3 is 5.73 Å². The molecule has 2 heterocycles. The van der Waals surface area contributed by atoms with E-state index in [1.54, 1.807) is 6.20 Å². The molecule has 1 saturated carbocycles. The van der Waals surface area contributed by atoms with Gasteiger partial charge in [0.2, 0.25) is 11.8 Å². The van der Waals surface area contributed by atoms with E-state index in [1.807, 2.05) is 0 Å². The molecule has 7 heteroatoms. The summed E-state index contributed by atoms with van der Waals surface area (Å²) in [5, 5.41) is 0.194. The van der Waals surface area contributed by atoms with Crippen LogP contribution < -0.4 is 5.73 Å². The van der Waals surface area contributed by atoms with Crippen LogP contribution in [0.4, 0.5) is 5.13 Å². The number of nitrogen functional groups attached to an aromatic ring is 1. The Morgan fingerprint density at radius 2 is 2.11 bits per heavy atom. The van der Waals surface area contributed by atoms with E-state index in [2.05, 4.69) is 4.98 Å². The summed E-state index contributed by atoms with van der Waals surface area (Å²) >= 11 is 2.77. The van der Waals surface area contributed by atoms with Crippen molar-refractivity contribution in [1.82, 2.24) is 9.88 Å². The Morgan fingerprint density at radius 3 is 2.74 bits per heavy atom. The molecule has 0 aromatic carbocycles. The maximum Gasteiger partial charge on any atom is 0.243 e. The topological polar surface area (TPSA) is 76.3 Å². The number of nitrogens with two attached hydrogens (primary N) is 1. The van der Waals surface area contributed by atoms with Crippen molar-refractivity contribution in [3.8, 4) is 0 Å². The molecule has 1 atom stereocenters. The minimum Gasteiger partial charge on any atom is -0.375 e. The molecule has 1 aliphatic carbocycles. The molecule has 1 aliphatic heterocycles. The Morgan fingerprint density at radius 1 is 1.37 bits per heavy atom. The van der Waals surface area contributed by atoms with E-state index >= 15 is 0 Å². The first-order chi connectivity index (χ1) is 9.15. The van der Waals surface area contributed by atoms with Crippen molar-refractivity contribution in [2.75, 3.05) is 5.73 Å². The summed E-state index contributed by atoms with van der Waals surface area (Å²) in [7, 11) is 0. The number of imide groups is 1. The SMILES string of the molecule is Nc1ncc(SC2CC(=O)N(C3CCCC3)C2=O)s1. The Balaban J connectivity index is 1.71. The molecule has 0 radical (unpaired) electrons. The van der Waals surface area contributed by atoms with Gasteiger partial charge in [0, 0.05) is 12.5 Å². The molecule has 1 unspecified atom stereocenters. The van der Waals surface area contributed by atoms with Gasteiger partial charge in [0.1, 0.15) is 0 Å². The van der Waals surface area contributed by atoms with Crippen molar-refractivity contribution in [2.24, 2.45) is 0 Å². The summed E-state index contributed by atoms with van der Waals surface area (Å²) in [4.78, 5) is 29.9. The Labute approximate surface area is 119 Å². The second-order valence-electron chi connectivity index (χ2n) is 4.87. The normalized spacial score (nSPS) is 24.6. The molecule has 19 heavy (non-hydrogen) atoms. The first-order valence-corrected chi connectivity index (χ1v) is 8.08. The zero-order valence-electron chi connectivity index (χ0n) is 10.4. The number of carbonyl (C=O) groups excluding carboxylic acids is 2. The molecule has 102 valence electrons. The Bertz CT molecular complexity index is 511. The third-order valence-electron chi connectivity index (χ3n) is 3.59. The third kappa shape index (κ3) is 2.49. The highest BCUT2D eigenvalue weighted by Gasteiger charge is 2.43. The lowest BCUT2D eigenvalue weighted by Gasteiger charge is -2.21. The van der Waals surface area contributed by atoms with E-state index < -0.39 is 0 Å². The van der Waals surface area contributed by atoms with Crippen LogP contribution >= 0.6 is 23.1 Å². The van der Waals surface area contributed by atoms with Crippen molar-refractivity contribution < 1.29 is 9.59 Å². The molecule has 2 amide bonds. The maximum absolute atomic E-state index is 12.4. The van der Waals surface area contributed by atoms with E-state index in [0.717, 1.165) is 29.9 Å². The van der Waals surface area contributed by atoms with Gasteiger partial charge in [-0.25, -0.2) is 4.98 Å². The zero-order chi connectivity index (χ0) is 13.4. The van der Waals surface area contributed by atoms with E-state index in [9.17, 15) is 9.59 Å². The maximum atomic E-state index is 12.4. The summed E-state index contributed by atoms with van der Waals surface area (Å²) in [5.74, 6) is -0.0549. The van der Waals surface area contributed by atoms with Crippen LogP contribution in [0.2, 0.25) is 0 Å². The smallest absolute Gasteiger partial charge is 0.243 e. The standard InChI is InChI=1S/C12H15N3O2S2/c13-12-14-6-10(19-12)18-8-5-9(16)15(11(8)17)7-3-1-2-4-7/h6-8H,1-5H2,(H2,13,14). The van der Waals surface area contributed by atoms with Crippen molar-refractivity contribution in [3.63, 3.8) is 0 Å². The molecule has 0 bridgehead atoms. The number of anilines is 1. The van der Waals surface area contributed by atoms with Gasteiger partial charge in [-0.1, -0.05) is 35.9 Å². The highest BCUT2D eigenvalue weighted by atomic mass is 32.2.